The monoisotopic (exact) mass is 338 g/mol. The highest BCUT2D eigenvalue weighted by Crippen LogP contribution is 2.15. The van der Waals surface area contributed by atoms with Crippen LogP contribution in [0.4, 0.5) is 17.7 Å². The number of hydrogen-bond donors (Lipinski definition) is 1. The molecule has 0 saturated carbocycles. The third-order valence-electron chi connectivity index (χ3n) is 3.97. The van der Waals surface area contributed by atoms with E-state index in [0.29, 0.717) is 18.3 Å². The minimum absolute atomic E-state index is 0.560. The van der Waals surface area contributed by atoms with Crippen LogP contribution in [0.1, 0.15) is 5.76 Å². The molecule has 9 nitrogen and oxygen atoms in total. The Morgan fingerprint density at radius 3 is 2.48 bits per heavy atom. The van der Waals surface area contributed by atoms with E-state index in [1.807, 2.05) is 18.2 Å². The van der Waals surface area contributed by atoms with Gasteiger partial charge in [-0.1, -0.05) is 0 Å². The standard InChI is InChI=1S/C16H18N8O/c1-3-13(25-10-1)11-19-14-12-20-22-16(21-14)24-8-6-23(7-9-24)15-17-4-2-5-18-15/h1-5,10,12H,6-9,11H2,(H,19,21,22). The summed E-state index contributed by atoms with van der Waals surface area (Å²) < 4.78 is 5.30. The van der Waals surface area contributed by atoms with E-state index in [1.54, 1.807) is 24.9 Å². The fraction of sp³-hybridized carbons (Fsp3) is 0.312. The van der Waals surface area contributed by atoms with Crippen LogP contribution in [0.3, 0.4) is 0 Å². The quantitative estimate of drug-likeness (QED) is 0.736. The van der Waals surface area contributed by atoms with Gasteiger partial charge in [0.25, 0.3) is 0 Å². The summed E-state index contributed by atoms with van der Waals surface area (Å²) in [5.41, 5.74) is 0. The van der Waals surface area contributed by atoms with Crippen LogP contribution in [0.15, 0.2) is 47.5 Å². The fourth-order valence-electron chi connectivity index (χ4n) is 2.67. The fourth-order valence-corrected chi connectivity index (χ4v) is 2.67. The topological polar surface area (TPSA) is 96.1 Å². The van der Waals surface area contributed by atoms with E-state index >= 15 is 0 Å². The molecule has 0 amide bonds. The largest absolute Gasteiger partial charge is 0.467 e. The van der Waals surface area contributed by atoms with Crippen molar-refractivity contribution in [1.82, 2.24) is 25.1 Å². The lowest BCUT2D eigenvalue weighted by Crippen LogP contribution is -2.47. The molecular weight excluding hydrogens is 320 g/mol. The number of piperazine rings is 1. The van der Waals surface area contributed by atoms with Crippen LogP contribution in [-0.2, 0) is 6.54 Å². The molecule has 3 aromatic rings. The Morgan fingerprint density at radius 1 is 1.00 bits per heavy atom. The molecular formula is C16H18N8O. The molecule has 1 aliphatic rings. The van der Waals surface area contributed by atoms with Gasteiger partial charge in [-0.3, -0.25) is 0 Å². The zero-order valence-electron chi connectivity index (χ0n) is 13.6. The van der Waals surface area contributed by atoms with E-state index in [0.717, 1.165) is 37.9 Å². The van der Waals surface area contributed by atoms with Crippen molar-refractivity contribution in [2.24, 2.45) is 0 Å². The molecule has 0 spiro atoms. The highest BCUT2D eigenvalue weighted by Gasteiger charge is 2.21. The number of hydrogen-bond acceptors (Lipinski definition) is 9. The molecule has 1 saturated heterocycles. The Morgan fingerprint density at radius 2 is 1.76 bits per heavy atom. The van der Waals surface area contributed by atoms with Crippen molar-refractivity contribution >= 4 is 17.7 Å². The van der Waals surface area contributed by atoms with Crippen LogP contribution in [0.25, 0.3) is 0 Å². The number of nitrogens with zero attached hydrogens (tertiary/aromatic N) is 7. The molecule has 0 radical (unpaired) electrons. The van der Waals surface area contributed by atoms with Gasteiger partial charge in [0.05, 0.1) is 19.0 Å². The normalized spacial score (nSPS) is 14.6. The summed E-state index contributed by atoms with van der Waals surface area (Å²) >= 11 is 0. The van der Waals surface area contributed by atoms with Gasteiger partial charge < -0.3 is 19.5 Å². The minimum Gasteiger partial charge on any atom is -0.467 e. The SMILES string of the molecule is c1cnc(N2CCN(c3nncc(NCc4ccco4)n3)CC2)nc1. The van der Waals surface area contributed by atoms with Gasteiger partial charge in [0.1, 0.15) is 5.76 Å². The molecule has 128 valence electrons. The van der Waals surface area contributed by atoms with Crippen molar-refractivity contribution in [3.63, 3.8) is 0 Å². The van der Waals surface area contributed by atoms with E-state index in [2.05, 4.69) is 40.3 Å². The van der Waals surface area contributed by atoms with Crippen molar-refractivity contribution < 1.29 is 4.42 Å². The number of aromatic nitrogens is 5. The minimum atomic E-state index is 0.560. The Bertz CT molecular complexity index is 787. The summed E-state index contributed by atoms with van der Waals surface area (Å²) in [6.07, 6.45) is 6.78. The Hall–Kier alpha value is -3.23. The lowest BCUT2D eigenvalue weighted by atomic mass is 10.3. The van der Waals surface area contributed by atoms with Gasteiger partial charge in [0.2, 0.25) is 11.9 Å². The van der Waals surface area contributed by atoms with Crippen molar-refractivity contribution in [3.05, 3.63) is 48.8 Å². The van der Waals surface area contributed by atoms with Gasteiger partial charge in [-0.25, -0.2) is 9.97 Å². The summed E-state index contributed by atoms with van der Waals surface area (Å²) in [6, 6.07) is 5.59. The molecule has 0 bridgehead atoms. The van der Waals surface area contributed by atoms with Crippen molar-refractivity contribution in [3.8, 4) is 0 Å². The first-order chi connectivity index (χ1) is 12.4. The molecule has 25 heavy (non-hydrogen) atoms. The van der Waals surface area contributed by atoms with E-state index in [4.69, 9.17) is 4.42 Å². The second-order valence-electron chi connectivity index (χ2n) is 5.60. The van der Waals surface area contributed by atoms with E-state index in [9.17, 15) is 0 Å². The summed E-state index contributed by atoms with van der Waals surface area (Å²) in [4.78, 5) is 17.4. The zero-order valence-corrected chi connectivity index (χ0v) is 13.6. The molecule has 0 atom stereocenters. The van der Waals surface area contributed by atoms with E-state index < -0.39 is 0 Å². The average Bonchev–Trinajstić information content (AvgIpc) is 3.21. The van der Waals surface area contributed by atoms with Gasteiger partial charge in [0.15, 0.2) is 5.82 Å². The van der Waals surface area contributed by atoms with Gasteiger partial charge in [-0.15, -0.1) is 5.10 Å². The smallest absolute Gasteiger partial charge is 0.247 e. The predicted octanol–water partition coefficient (Wildman–Crippen LogP) is 1.19. The van der Waals surface area contributed by atoms with Crippen LogP contribution in [0.2, 0.25) is 0 Å². The highest BCUT2D eigenvalue weighted by atomic mass is 16.3. The van der Waals surface area contributed by atoms with Crippen molar-refractivity contribution in [2.45, 2.75) is 6.54 Å². The number of rotatable bonds is 5. The lowest BCUT2D eigenvalue weighted by molar-refractivity contribution is 0.517. The molecule has 0 aliphatic carbocycles. The second kappa shape index (κ2) is 7.12. The Balaban J connectivity index is 1.37. The Labute approximate surface area is 144 Å². The first-order valence-corrected chi connectivity index (χ1v) is 8.11. The zero-order chi connectivity index (χ0) is 16.9. The first kappa shape index (κ1) is 15.3. The van der Waals surface area contributed by atoms with Crippen LogP contribution < -0.4 is 15.1 Å². The van der Waals surface area contributed by atoms with Crippen LogP contribution in [-0.4, -0.2) is 51.3 Å². The first-order valence-electron chi connectivity index (χ1n) is 8.11. The van der Waals surface area contributed by atoms with Gasteiger partial charge in [-0.05, 0) is 18.2 Å². The maximum atomic E-state index is 5.30. The maximum Gasteiger partial charge on any atom is 0.247 e. The molecule has 3 aromatic heterocycles. The van der Waals surface area contributed by atoms with Gasteiger partial charge >= 0.3 is 0 Å². The van der Waals surface area contributed by atoms with E-state index in [1.165, 1.54) is 0 Å². The van der Waals surface area contributed by atoms with Crippen LogP contribution in [0.5, 0.6) is 0 Å². The third-order valence-corrected chi connectivity index (χ3v) is 3.97. The predicted molar refractivity (Wildman–Crippen MR) is 92.3 cm³/mol. The molecule has 4 heterocycles. The highest BCUT2D eigenvalue weighted by molar-refractivity contribution is 5.41. The third kappa shape index (κ3) is 3.65. The summed E-state index contributed by atoms with van der Waals surface area (Å²) in [6.45, 7) is 3.78. The molecule has 1 N–H and O–H groups in total. The Kier molecular flexibility index (Phi) is 4.36. The molecule has 0 aromatic carbocycles. The average molecular weight is 338 g/mol. The molecule has 4 rings (SSSR count). The number of furan rings is 1. The van der Waals surface area contributed by atoms with Crippen molar-refractivity contribution in [1.29, 1.82) is 0 Å². The van der Waals surface area contributed by atoms with Gasteiger partial charge in [0, 0.05) is 38.6 Å². The van der Waals surface area contributed by atoms with Crippen LogP contribution in [0, 0.1) is 0 Å². The maximum absolute atomic E-state index is 5.30. The molecule has 9 heteroatoms. The second-order valence-corrected chi connectivity index (χ2v) is 5.60. The molecule has 1 aliphatic heterocycles. The number of nitrogens with one attached hydrogen (secondary N) is 1. The number of anilines is 3. The summed E-state index contributed by atoms with van der Waals surface area (Å²) in [7, 11) is 0. The molecule has 0 unspecified atom stereocenters. The van der Waals surface area contributed by atoms with Crippen molar-refractivity contribution in [2.75, 3.05) is 41.3 Å². The van der Waals surface area contributed by atoms with Gasteiger partial charge in [-0.2, -0.15) is 10.1 Å². The summed E-state index contributed by atoms with van der Waals surface area (Å²) in [5, 5.41) is 11.4. The molecule has 1 fully saturated rings. The summed E-state index contributed by atoms with van der Waals surface area (Å²) in [5.74, 6) is 2.90. The van der Waals surface area contributed by atoms with E-state index in [-0.39, 0.29) is 0 Å². The van der Waals surface area contributed by atoms with Crippen LogP contribution >= 0.6 is 0 Å². The lowest BCUT2D eigenvalue weighted by Gasteiger charge is -2.34.